The molecule has 0 unspecified atom stereocenters. The van der Waals surface area contributed by atoms with Gasteiger partial charge in [0.25, 0.3) is 0 Å². The lowest BCUT2D eigenvalue weighted by Crippen LogP contribution is -2.29. The summed E-state index contributed by atoms with van der Waals surface area (Å²) < 4.78 is 1.06. The Kier molecular flexibility index (Phi) is 5.45. The van der Waals surface area contributed by atoms with Crippen molar-refractivity contribution in [3.63, 3.8) is 0 Å². The number of anilines is 1. The minimum Gasteiger partial charge on any atom is -0.356 e. The first-order chi connectivity index (χ1) is 8.81. The largest absolute Gasteiger partial charge is 0.356 e. The molecule has 1 aliphatic heterocycles. The van der Waals surface area contributed by atoms with E-state index in [1.54, 1.807) is 0 Å². The molecular formula is C14H22BrN3. The second-order valence-electron chi connectivity index (χ2n) is 4.92. The Morgan fingerprint density at radius 2 is 1.89 bits per heavy atom. The van der Waals surface area contributed by atoms with E-state index in [1.807, 2.05) is 13.2 Å². The molecule has 1 N–H and O–H groups in total. The van der Waals surface area contributed by atoms with Crippen LogP contribution in [0, 0.1) is 0 Å². The van der Waals surface area contributed by atoms with Gasteiger partial charge in [0.2, 0.25) is 0 Å². The van der Waals surface area contributed by atoms with Crippen molar-refractivity contribution in [2.24, 2.45) is 0 Å². The normalized spacial score (nSPS) is 17.3. The third-order valence-corrected chi connectivity index (χ3v) is 3.87. The van der Waals surface area contributed by atoms with Crippen molar-refractivity contribution in [2.45, 2.75) is 38.6 Å². The second kappa shape index (κ2) is 7.10. The summed E-state index contributed by atoms with van der Waals surface area (Å²) in [4.78, 5) is 7.09. The fraction of sp³-hybridized carbons (Fsp3) is 0.643. The Labute approximate surface area is 118 Å². The van der Waals surface area contributed by atoms with Crippen LogP contribution in [-0.2, 0) is 6.54 Å². The highest BCUT2D eigenvalue weighted by Gasteiger charge is 2.14. The third kappa shape index (κ3) is 3.69. The smallest absolute Gasteiger partial charge is 0.133 e. The van der Waals surface area contributed by atoms with Gasteiger partial charge in [-0.3, -0.25) is 0 Å². The lowest BCUT2D eigenvalue weighted by molar-refractivity contribution is 0.552. The van der Waals surface area contributed by atoms with Crippen molar-refractivity contribution >= 4 is 21.7 Å². The van der Waals surface area contributed by atoms with Gasteiger partial charge in [-0.25, -0.2) is 4.98 Å². The quantitative estimate of drug-likeness (QED) is 0.928. The van der Waals surface area contributed by atoms with Crippen LogP contribution in [-0.4, -0.2) is 25.1 Å². The molecule has 4 heteroatoms. The van der Waals surface area contributed by atoms with Crippen LogP contribution >= 0.6 is 15.9 Å². The molecule has 0 aliphatic carbocycles. The van der Waals surface area contributed by atoms with Gasteiger partial charge in [0.05, 0.1) is 0 Å². The monoisotopic (exact) mass is 311 g/mol. The zero-order valence-corrected chi connectivity index (χ0v) is 12.7. The van der Waals surface area contributed by atoms with E-state index in [9.17, 15) is 0 Å². The highest BCUT2D eigenvalue weighted by molar-refractivity contribution is 9.10. The average Bonchev–Trinajstić information content (AvgIpc) is 2.30. The summed E-state index contributed by atoms with van der Waals surface area (Å²) in [6.45, 7) is 3.16. The number of nitrogens with zero attached hydrogens (tertiary/aromatic N) is 2. The molecule has 0 saturated carbocycles. The number of nitrogens with one attached hydrogen (secondary N) is 1. The highest BCUT2D eigenvalue weighted by Crippen LogP contribution is 2.24. The highest BCUT2D eigenvalue weighted by atomic mass is 79.9. The summed E-state index contributed by atoms with van der Waals surface area (Å²) >= 11 is 3.51. The fourth-order valence-corrected chi connectivity index (χ4v) is 2.92. The minimum absolute atomic E-state index is 0.873. The first-order valence-electron chi connectivity index (χ1n) is 6.85. The average molecular weight is 312 g/mol. The Morgan fingerprint density at radius 3 is 2.56 bits per heavy atom. The number of aromatic nitrogens is 1. The summed E-state index contributed by atoms with van der Waals surface area (Å²) in [6, 6.07) is 2.18. The third-order valence-electron chi connectivity index (χ3n) is 3.43. The zero-order chi connectivity index (χ0) is 12.8. The molecule has 2 heterocycles. The molecule has 1 aromatic rings. The van der Waals surface area contributed by atoms with Gasteiger partial charge < -0.3 is 10.2 Å². The molecule has 3 nitrogen and oxygen atoms in total. The van der Waals surface area contributed by atoms with Gasteiger partial charge in [0, 0.05) is 35.9 Å². The van der Waals surface area contributed by atoms with Gasteiger partial charge >= 0.3 is 0 Å². The number of hydrogen-bond donors (Lipinski definition) is 1. The maximum Gasteiger partial charge on any atom is 0.133 e. The van der Waals surface area contributed by atoms with Crippen LogP contribution in [0.5, 0.6) is 0 Å². The summed E-state index contributed by atoms with van der Waals surface area (Å²) in [5.41, 5.74) is 1.28. The molecule has 0 bridgehead atoms. The molecule has 18 heavy (non-hydrogen) atoms. The molecule has 100 valence electrons. The summed E-state index contributed by atoms with van der Waals surface area (Å²) in [6.07, 6.45) is 8.59. The van der Waals surface area contributed by atoms with Crippen LogP contribution in [0.3, 0.4) is 0 Å². The van der Waals surface area contributed by atoms with Crippen molar-refractivity contribution in [3.8, 4) is 0 Å². The first-order valence-corrected chi connectivity index (χ1v) is 7.64. The van der Waals surface area contributed by atoms with Crippen molar-refractivity contribution in [2.75, 3.05) is 25.0 Å². The maximum absolute atomic E-state index is 4.63. The van der Waals surface area contributed by atoms with Crippen LogP contribution in [0.1, 0.15) is 37.7 Å². The van der Waals surface area contributed by atoms with Gasteiger partial charge in [-0.05, 0) is 41.9 Å². The number of halogens is 1. The summed E-state index contributed by atoms with van der Waals surface area (Å²) in [7, 11) is 1.98. The lowest BCUT2D eigenvalue weighted by atomic mass is 10.1. The van der Waals surface area contributed by atoms with Gasteiger partial charge in [-0.1, -0.05) is 19.3 Å². The molecule has 0 atom stereocenters. The zero-order valence-electron chi connectivity index (χ0n) is 11.1. The molecule has 0 radical (unpaired) electrons. The Bertz CT molecular complexity index is 373. The molecule has 0 spiro atoms. The topological polar surface area (TPSA) is 28.2 Å². The molecular weight excluding hydrogens is 290 g/mol. The maximum atomic E-state index is 4.63. The second-order valence-corrected chi connectivity index (χ2v) is 5.84. The van der Waals surface area contributed by atoms with Gasteiger partial charge in [0.15, 0.2) is 0 Å². The number of hydrogen-bond acceptors (Lipinski definition) is 3. The van der Waals surface area contributed by atoms with E-state index >= 15 is 0 Å². The van der Waals surface area contributed by atoms with Crippen molar-refractivity contribution in [1.29, 1.82) is 0 Å². The minimum atomic E-state index is 0.873. The van der Waals surface area contributed by atoms with Gasteiger partial charge in [0.1, 0.15) is 5.82 Å². The summed E-state index contributed by atoms with van der Waals surface area (Å²) in [5, 5.41) is 3.23. The molecule has 0 aromatic carbocycles. The Morgan fingerprint density at radius 1 is 1.22 bits per heavy atom. The standard InChI is InChI=1S/C14H22BrN3/c1-16-10-12-9-13(15)11-17-14(12)18-7-5-3-2-4-6-8-18/h9,11,16H,2-8,10H2,1H3. The van der Waals surface area contributed by atoms with Crippen molar-refractivity contribution < 1.29 is 0 Å². The number of rotatable bonds is 3. The van der Waals surface area contributed by atoms with Crippen LogP contribution < -0.4 is 10.2 Å². The van der Waals surface area contributed by atoms with Crippen LogP contribution in [0.25, 0.3) is 0 Å². The fourth-order valence-electron chi connectivity index (χ4n) is 2.54. The molecule has 1 fully saturated rings. The predicted molar refractivity (Wildman–Crippen MR) is 80.0 cm³/mol. The molecule has 1 aromatic heterocycles. The summed E-state index contributed by atoms with van der Waals surface area (Å²) in [5.74, 6) is 1.16. The van der Waals surface area contributed by atoms with E-state index in [0.717, 1.165) is 29.9 Å². The molecule has 1 aliphatic rings. The molecule has 1 saturated heterocycles. The van der Waals surface area contributed by atoms with Gasteiger partial charge in [-0.2, -0.15) is 0 Å². The van der Waals surface area contributed by atoms with E-state index in [2.05, 4.69) is 37.2 Å². The molecule has 2 rings (SSSR count). The van der Waals surface area contributed by atoms with E-state index in [-0.39, 0.29) is 0 Å². The predicted octanol–water partition coefficient (Wildman–Crippen LogP) is 3.33. The Balaban J connectivity index is 2.18. The van der Waals surface area contributed by atoms with E-state index in [4.69, 9.17) is 0 Å². The van der Waals surface area contributed by atoms with E-state index < -0.39 is 0 Å². The lowest BCUT2D eigenvalue weighted by Gasteiger charge is -2.27. The Hall–Kier alpha value is -0.610. The van der Waals surface area contributed by atoms with Gasteiger partial charge in [-0.15, -0.1) is 0 Å². The van der Waals surface area contributed by atoms with Crippen molar-refractivity contribution in [3.05, 3.63) is 22.3 Å². The van der Waals surface area contributed by atoms with Crippen LogP contribution in [0.15, 0.2) is 16.7 Å². The van der Waals surface area contributed by atoms with E-state index in [0.29, 0.717) is 0 Å². The number of pyridine rings is 1. The SMILES string of the molecule is CNCc1cc(Br)cnc1N1CCCCCCC1. The van der Waals surface area contributed by atoms with Crippen LogP contribution in [0.2, 0.25) is 0 Å². The first kappa shape index (κ1) is 13.8. The van der Waals surface area contributed by atoms with Crippen LogP contribution in [0.4, 0.5) is 5.82 Å². The van der Waals surface area contributed by atoms with E-state index in [1.165, 1.54) is 37.7 Å². The van der Waals surface area contributed by atoms with Crippen molar-refractivity contribution in [1.82, 2.24) is 10.3 Å². The molecule has 0 amide bonds.